The van der Waals surface area contributed by atoms with Gasteiger partial charge in [-0.05, 0) is 51.2 Å². The van der Waals surface area contributed by atoms with E-state index in [1.807, 2.05) is 6.07 Å². The average Bonchev–Trinajstić information content (AvgIpc) is 3.01. The van der Waals surface area contributed by atoms with E-state index in [1.54, 1.807) is 37.7 Å². The predicted octanol–water partition coefficient (Wildman–Crippen LogP) is 3.58. The molecule has 7 nitrogen and oxygen atoms in total. The van der Waals surface area contributed by atoms with Gasteiger partial charge in [-0.15, -0.1) is 0 Å². The number of alkyl halides is 2. The minimum Gasteiger partial charge on any atom is -0.444 e. The molecular formula is C19H27F2N5O2. The fourth-order valence-corrected chi connectivity index (χ4v) is 3.46. The zero-order chi connectivity index (χ0) is 20.5. The molecule has 9 heteroatoms. The normalized spacial score (nSPS) is 18.8. The highest BCUT2D eigenvalue weighted by molar-refractivity contribution is 5.68. The second-order valence-electron chi connectivity index (χ2n) is 8.35. The maximum atomic E-state index is 13.6. The first-order valence-electron chi connectivity index (χ1n) is 9.48. The molecule has 0 spiro atoms. The van der Waals surface area contributed by atoms with Gasteiger partial charge in [-0.3, -0.25) is 0 Å². The molecule has 0 unspecified atom stereocenters. The third kappa shape index (κ3) is 4.95. The highest BCUT2D eigenvalue weighted by Crippen LogP contribution is 2.41. The molecule has 3 rings (SSSR count). The lowest BCUT2D eigenvalue weighted by molar-refractivity contribution is -0.0500. The van der Waals surface area contributed by atoms with Gasteiger partial charge in [-0.25, -0.2) is 23.1 Å². The monoisotopic (exact) mass is 395 g/mol. The van der Waals surface area contributed by atoms with Crippen molar-refractivity contribution in [3.8, 4) is 0 Å². The van der Waals surface area contributed by atoms with E-state index >= 15 is 0 Å². The van der Waals surface area contributed by atoms with E-state index in [2.05, 4.69) is 15.4 Å². The predicted molar refractivity (Wildman–Crippen MR) is 99.9 cm³/mol. The van der Waals surface area contributed by atoms with Crippen molar-refractivity contribution in [1.82, 2.24) is 19.9 Å². The molecule has 3 N–H and O–H groups in total. The van der Waals surface area contributed by atoms with E-state index in [1.165, 1.54) is 0 Å². The van der Waals surface area contributed by atoms with Gasteiger partial charge in [-0.1, -0.05) is 0 Å². The Balaban J connectivity index is 1.88. The lowest BCUT2D eigenvalue weighted by Gasteiger charge is -2.33. The van der Waals surface area contributed by atoms with Crippen molar-refractivity contribution in [2.24, 2.45) is 11.7 Å². The minimum atomic E-state index is -2.65. The van der Waals surface area contributed by atoms with Gasteiger partial charge >= 0.3 is 6.09 Å². The van der Waals surface area contributed by atoms with E-state index in [-0.39, 0.29) is 18.8 Å². The minimum absolute atomic E-state index is 0.161. The van der Waals surface area contributed by atoms with Crippen LogP contribution in [0.2, 0.25) is 0 Å². The number of hydrogen-bond donors (Lipinski definition) is 2. The second-order valence-corrected chi connectivity index (χ2v) is 8.35. The van der Waals surface area contributed by atoms with Crippen LogP contribution >= 0.6 is 0 Å². The zero-order valence-corrected chi connectivity index (χ0v) is 16.4. The number of fused-ring (bicyclic) bond motifs is 1. The summed E-state index contributed by atoms with van der Waals surface area (Å²) in [7, 11) is 0. The fourth-order valence-electron chi connectivity index (χ4n) is 3.46. The number of amides is 1. The lowest BCUT2D eigenvalue weighted by Crippen LogP contribution is -2.40. The van der Waals surface area contributed by atoms with Crippen LogP contribution in [0.25, 0.3) is 5.65 Å². The van der Waals surface area contributed by atoms with E-state index < -0.39 is 23.7 Å². The number of carbonyl (C=O) groups is 1. The summed E-state index contributed by atoms with van der Waals surface area (Å²) in [6.07, 6.45) is 2.95. The largest absolute Gasteiger partial charge is 0.444 e. The molecule has 0 saturated heterocycles. The van der Waals surface area contributed by atoms with Crippen LogP contribution in [0.1, 0.15) is 63.8 Å². The summed E-state index contributed by atoms with van der Waals surface area (Å²) in [5, 5.41) is 7.11. The number of ether oxygens (including phenoxy) is 1. The number of imidazole rings is 1. The van der Waals surface area contributed by atoms with Gasteiger partial charge < -0.3 is 15.8 Å². The highest BCUT2D eigenvalue weighted by atomic mass is 19.3. The Kier molecular flexibility index (Phi) is 5.56. The number of aromatic nitrogens is 3. The van der Waals surface area contributed by atoms with Crippen LogP contribution in [0.4, 0.5) is 13.6 Å². The van der Waals surface area contributed by atoms with Gasteiger partial charge in [0.1, 0.15) is 5.60 Å². The van der Waals surface area contributed by atoms with Crippen molar-refractivity contribution in [3.05, 3.63) is 29.7 Å². The zero-order valence-electron chi connectivity index (χ0n) is 16.4. The molecule has 0 bridgehead atoms. The van der Waals surface area contributed by atoms with Gasteiger partial charge in [0.15, 0.2) is 5.65 Å². The summed E-state index contributed by atoms with van der Waals surface area (Å²) in [4.78, 5) is 16.9. The molecule has 2 aromatic heterocycles. The number of halogens is 2. The summed E-state index contributed by atoms with van der Waals surface area (Å²) in [5.41, 5.74) is 6.99. The SMILES string of the molecule is CC(C)(C)OC(=O)N[C@H](c1cn2ncc(CN)cc2n1)C1CCC(F)(F)CC1. The highest BCUT2D eigenvalue weighted by Gasteiger charge is 2.39. The molecule has 1 saturated carbocycles. The molecule has 28 heavy (non-hydrogen) atoms. The molecule has 154 valence electrons. The van der Waals surface area contributed by atoms with Crippen LogP contribution in [0.15, 0.2) is 18.5 Å². The van der Waals surface area contributed by atoms with Gasteiger partial charge in [-0.2, -0.15) is 5.10 Å². The first kappa shape index (κ1) is 20.4. The molecule has 2 heterocycles. The van der Waals surface area contributed by atoms with Crippen molar-refractivity contribution in [3.63, 3.8) is 0 Å². The standard InChI is InChI=1S/C19H27F2N5O2/c1-18(2,3)28-17(27)25-16(13-4-6-19(20,21)7-5-13)14-11-26-15(24-14)8-12(9-22)10-23-26/h8,10-11,13,16H,4-7,9,22H2,1-3H3,(H,25,27)/t16-/m0/s1. The number of alkyl carbamates (subject to hydrolysis) is 1. The molecule has 1 atom stereocenters. The van der Waals surface area contributed by atoms with Crippen LogP contribution < -0.4 is 11.1 Å². The van der Waals surface area contributed by atoms with Crippen molar-refractivity contribution in [1.29, 1.82) is 0 Å². The Morgan fingerprint density at radius 3 is 2.71 bits per heavy atom. The van der Waals surface area contributed by atoms with Crippen LogP contribution in [0.5, 0.6) is 0 Å². The number of rotatable bonds is 4. The molecule has 1 aliphatic carbocycles. The molecule has 1 amide bonds. The van der Waals surface area contributed by atoms with Gasteiger partial charge in [0.25, 0.3) is 0 Å². The summed E-state index contributed by atoms with van der Waals surface area (Å²) in [5.74, 6) is -2.81. The average molecular weight is 395 g/mol. The number of carbonyl (C=O) groups excluding carboxylic acids is 1. The molecular weight excluding hydrogens is 368 g/mol. The van der Waals surface area contributed by atoms with Crippen molar-refractivity contribution < 1.29 is 18.3 Å². The van der Waals surface area contributed by atoms with Crippen LogP contribution in [0, 0.1) is 5.92 Å². The lowest BCUT2D eigenvalue weighted by atomic mass is 9.81. The first-order valence-corrected chi connectivity index (χ1v) is 9.48. The van der Waals surface area contributed by atoms with E-state index in [9.17, 15) is 13.6 Å². The Bertz CT molecular complexity index is 836. The van der Waals surface area contributed by atoms with Crippen molar-refractivity contribution in [2.75, 3.05) is 0 Å². The van der Waals surface area contributed by atoms with E-state index in [0.29, 0.717) is 30.7 Å². The summed E-state index contributed by atoms with van der Waals surface area (Å²) in [6.45, 7) is 5.65. The maximum absolute atomic E-state index is 13.6. The third-order valence-electron chi connectivity index (χ3n) is 4.86. The van der Waals surface area contributed by atoms with Gasteiger partial charge in [0.05, 0.1) is 24.1 Å². The number of hydrogen-bond acceptors (Lipinski definition) is 5. The Hall–Kier alpha value is -2.29. The topological polar surface area (TPSA) is 94.5 Å². The van der Waals surface area contributed by atoms with E-state index in [4.69, 9.17) is 10.5 Å². The maximum Gasteiger partial charge on any atom is 0.408 e. The Morgan fingerprint density at radius 2 is 2.11 bits per heavy atom. The van der Waals surface area contributed by atoms with Crippen molar-refractivity contribution >= 4 is 11.7 Å². The van der Waals surface area contributed by atoms with Crippen molar-refractivity contribution in [2.45, 2.75) is 70.6 Å². The van der Waals surface area contributed by atoms with Gasteiger partial charge in [0, 0.05) is 19.4 Å². The summed E-state index contributed by atoms with van der Waals surface area (Å²) < 4.78 is 34.2. The summed E-state index contributed by atoms with van der Waals surface area (Å²) in [6, 6.07) is 1.28. The molecule has 1 aliphatic rings. The third-order valence-corrected chi connectivity index (χ3v) is 4.86. The number of nitrogens with two attached hydrogens (primary N) is 1. The molecule has 0 aromatic carbocycles. The quantitative estimate of drug-likeness (QED) is 0.825. The van der Waals surface area contributed by atoms with Crippen LogP contribution in [-0.4, -0.2) is 32.2 Å². The second kappa shape index (κ2) is 7.62. The van der Waals surface area contributed by atoms with E-state index in [0.717, 1.165) is 5.56 Å². The van der Waals surface area contributed by atoms with Crippen LogP contribution in [-0.2, 0) is 11.3 Å². The van der Waals surface area contributed by atoms with Crippen LogP contribution in [0.3, 0.4) is 0 Å². The fraction of sp³-hybridized carbons (Fsp3) is 0.632. The van der Waals surface area contributed by atoms with Gasteiger partial charge in [0.2, 0.25) is 5.92 Å². The number of nitrogens with one attached hydrogen (secondary N) is 1. The first-order chi connectivity index (χ1) is 13.1. The Labute approximate surface area is 162 Å². The summed E-state index contributed by atoms with van der Waals surface area (Å²) >= 11 is 0. The number of nitrogens with zero attached hydrogens (tertiary/aromatic N) is 3. The smallest absolute Gasteiger partial charge is 0.408 e. The molecule has 0 aliphatic heterocycles. The molecule has 1 fully saturated rings. The molecule has 2 aromatic rings. The molecule has 0 radical (unpaired) electrons. The Morgan fingerprint density at radius 1 is 1.43 bits per heavy atom.